The van der Waals surface area contributed by atoms with Crippen LogP contribution in [0.1, 0.15) is 37.3 Å². The summed E-state index contributed by atoms with van der Waals surface area (Å²) in [7, 11) is -4.23. The van der Waals surface area contributed by atoms with Crippen molar-refractivity contribution >= 4 is 59.9 Å². The number of nitrogens with two attached hydrogens (primary N) is 1. The average Bonchev–Trinajstić information content (AvgIpc) is 2.83. The molecule has 1 amide bonds. The summed E-state index contributed by atoms with van der Waals surface area (Å²) < 4.78 is 29.4. The summed E-state index contributed by atoms with van der Waals surface area (Å²) in [4.78, 5) is 23.5. The minimum absolute atomic E-state index is 0.0500. The zero-order valence-electron chi connectivity index (χ0n) is 21.1. The zero-order valence-corrected chi connectivity index (χ0v) is 22.0. The highest BCUT2D eigenvalue weighted by atomic mass is 32.2. The summed E-state index contributed by atoms with van der Waals surface area (Å²) in [6, 6.07) is 9.75. The highest BCUT2D eigenvalue weighted by Crippen LogP contribution is 2.41. The first-order valence-corrected chi connectivity index (χ1v) is 13.6. The Morgan fingerprint density at radius 3 is 2.14 bits per heavy atom. The van der Waals surface area contributed by atoms with Crippen molar-refractivity contribution in [1.82, 2.24) is 10.0 Å². The molecule has 1 unspecified atom stereocenters. The molecule has 5 N–H and O–H groups in total. The quantitative estimate of drug-likeness (QED) is 0.106. The van der Waals surface area contributed by atoms with Gasteiger partial charge in [-0.25, -0.2) is 8.42 Å². The maximum Gasteiger partial charge on any atom is 0.321 e. The summed E-state index contributed by atoms with van der Waals surface area (Å²) in [5.74, 6) is -1.54. The number of sulfonamides is 1. The van der Waals surface area contributed by atoms with Crippen molar-refractivity contribution in [1.29, 1.82) is 0 Å². The number of carbonyl (C=O) groups excluding carboxylic acids is 1. The van der Waals surface area contributed by atoms with Gasteiger partial charge in [0, 0.05) is 34.0 Å². The van der Waals surface area contributed by atoms with Crippen molar-refractivity contribution < 1.29 is 23.1 Å². The molecule has 8 nitrogen and oxygen atoms in total. The lowest BCUT2D eigenvalue weighted by molar-refractivity contribution is -0.139. The van der Waals surface area contributed by atoms with Gasteiger partial charge in [0.15, 0.2) is 0 Å². The highest BCUT2D eigenvalue weighted by molar-refractivity contribution is 7.89. The number of carboxylic acids is 1. The van der Waals surface area contributed by atoms with Crippen LogP contribution in [0.3, 0.4) is 0 Å². The van der Waals surface area contributed by atoms with Gasteiger partial charge in [-0.3, -0.25) is 9.59 Å². The molecule has 0 spiro atoms. The van der Waals surface area contributed by atoms with Crippen LogP contribution in [0.5, 0.6) is 0 Å². The summed E-state index contributed by atoms with van der Waals surface area (Å²) in [5, 5.41) is 17.4. The van der Waals surface area contributed by atoms with Crippen LogP contribution in [0, 0.1) is 13.8 Å². The SMILES string of the molecule is C=C(C)C(=O)NCCCCC(NS(=O)(=O)c1cc(N)c2ccc3c(C)cc(C)c4ccc1c2c34)C(=O)O. The number of aryl methyl sites for hydroxylation is 2. The molecule has 4 aromatic carbocycles. The number of nitrogens with one attached hydrogen (secondary N) is 2. The van der Waals surface area contributed by atoms with Crippen molar-refractivity contribution in [3.05, 3.63) is 59.7 Å². The summed E-state index contributed by atoms with van der Waals surface area (Å²) >= 11 is 0. The van der Waals surface area contributed by atoms with Crippen LogP contribution >= 0.6 is 0 Å². The van der Waals surface area contributed by atoms with Crippen LogP contribution in [-0.4, -0.2) is 38.0 Å². The van der Waals surface area contributed by atoms with Crippen LogP contribution in [-0.2, 0) is 19.6 Å². The molecule has 0 aliphatic heterocycles. The monoisotopic (exact) mass is 521 g/mol. The first kappa shape index (κ1) is 26.4. The molecule has 1 atom stereocenters. The smallest absolute Gasteiger partial charge is 0.321 e. The van der Waals surface area contributed by atoms with Gasteiger partial charge in [-0.1, -0.05) is 36.9 Å². The Bertz CT molecular complexity index is 1640. The van der Waals surface area contributed by atoms with Crippen LogP contribution in [0.15, 0.2) is 53.4 Å². The van der Waals surface area contributed by atoms with Gasteiger partial charge in [0.1, 0.15) is 6.04 Å². The number of nitrogen functional groups attached to an aromatic ring is 1. The summed E-state index contributed by atoms with van der Waals surface area (Å²) in [6.07, 6.45) is 0.960. The van der Waals surface area contributed by atoms with Crippen LogP contribution < -0.4 is 15.8 Å². The Hall–Kier alpha value is -3.69. The van der Waals surface area contributed by atoms with Gasteiger partial charge in [-0.2, -0.15) is 4.72 Å². The molecule has 37 heavy (non-hydrogen) atoms. The van der Waals surface area contributed by atoms with Crippen molar-refractivity contribution in [3.8, 4) is 0 Å². The molecule has 4 aromatic rings. The molecule has 0 fully saturated rings. The van der Waals surface area contributed by atoms with Gasteiger partial charge in [-0.05, 0) is 73.4 Å². The molecule has 9 heteroatoms. The number of anilines is 1. The number of unbranched alkanes of at least 4 members (excludes halogenated alkanes) is 1. The fourth-order valence-corrected chi connectivity index (χ4v) is 6.37. The second kappa shape index (κ2) is 9.99. The number of benzene rings is 4. The number of carbonyl (C=O) groups is 2. The van der Waals surface area contributed by atoms with E-state index in [-0.39, 0.29) is 17.2 Å². The Morgan fingerprint density at radius 1 is 0.973 bits per heavy atom. The first-order valence-electron chi connectivity index (χ1n) is 12.1. The number of carboxylic acid groups (broad SMARTS) is 1. The van der Waals surface area contributed by atoms with E-state index in [1.807, 2.05) is 32.0 Å². The van der Waals surface area contributed by atoms with E-state index in [9.17, 15) is 23.1 Å². The number of rotatable bonds is 10. The third-order valence-electron chi connectivity index (χ3n) is 6.78. The van der Waals surface area contributed by atoms with Gasteiger partial charge < -0.3 is 16.2 Å². The maximum absolute atomic E-state index is 13.5. The average molecular weight is 522 g/mol. The lowest BCUT2D eigenvalue weighted by Crippen LogP contribution is -2.40. The number of aliphatic carboxylic acids is 1. The van der Waals surface area contributed by atoms with E-state index < -0.39 is 22.0 Å². The molecule has 0 saturated heterocycles. The van der Waals surface area contributed by atoms with Crippen molar-refractivity contribution in [3.63, 3.8) is 0 Å². The molecule has 0 radical (unpaired) electrons. The second-order valence-corrected chi connectivity index (χ2v) is 11.3. The van der Waals surface area contributed by atoms with E-state index in [2.05, 4.69) is 22.7 Å². The van der Waals surface area contributed by atoms with E-state index in [1.165, 1.54) is 6.07 Å². The van der Waals surface area contributed by atoms with Gasteiger partial charge in [0.25, 0.3) is 0 Å². The van der Waals surface area contributed by atoms with E-state index in [1.54, 1.807) is 13.0 Å². The minimum atomic E-state index is -4.23. The molecular formula is C28H31N3O5S. The molecule has 194 valence electrons. The van der Waals surface area contributed by atoms with Crippen LogP contribution in [0.25, 0.3) is 32.3 Å². The lowest BCUT2D eigenvalue weighted by atomic mass is 9.89. The Balaban J connectivity index is 1.68. The van der Waals surface area contributed by atoms with E-state index in [4.69, 9.17) is 5.73 Å². The number of hydrogen-bond donors (Lipinski definition) is 4. The molecule has 0 aliphatic rings. The van der Waals surface area contributed by atoms with Crippen molar-refractivity contribution in [2.75, 3.05) is 12.3 Å². The number of amides is 1. The Labute approximate surface area is 215 Å². The fourth-order valence-electron chi connectivity index (χ4n) is 4.91. The number of hydrogen-bond acceptors (Lipinski definition) is 5. The van der Waals surface area contributed by atoms with E-state index in [0.29, 0.717) is 36.0 Å². The Kier molecular flexibility index (Phi) is 7.12. The predicted molar refractivity (Wildman–Crippen MR) is 147 cm³/mol. The van der Waals surface area contributed by atoms with Gasteiger partial charge in [-0.15, -0.1) is 0 Å². The molecule has 4 rings (SSSR count). The molecular weight excluding hydrogens is 490 g/mol. The normalized spacial score (nSPS) is 12.8. The van der Waals surface area contributed by atoms with Gasteiger partial charge >= 0.3 is 5.97 Å². The Morgan fingerprint density at radius 2 is 1.54 bits per heavy atom. The zero-order chi connectivity index (χ0) is 27.1. The third kappa shape index (κ3) is 4.97. The summed E-state index contributed by atoms with van der Waals surface area (Å²) in [6.45, 7) is 9.53. The molecule has 0 aromatic heterocycles. The third-order valence-corrected chi connectivity index (χ3v) is 8.30. The van der Waals surface area contributed by atoms with E-state index >= 15 is 0 Å². The summed E-state index contributed by atoms with van der Waals surface area (Å²) in [5.41, 5.74) is 9.19. The van der Waals surface area contributed by atoms with Crippen molar-refractivity contribution in [2.24, 2.45) is 0 Å². The van der Waals surface area contributed by atoms with E-state index in [0.717, 1.165) is 38.1 Å². The minimum Gasteiger partial charge on any atom is -0.480 e. The lowest BCUT2D eigenvalue weighted by Gasteiger charge is -2.20. The van der Waals surface area contributed by atoms with Crippen LogP contribution in [0.4, 0.5) is 5.69 Å². The standard InChI is InChI=1S/C28H31N3O5S/c1-15(2)27(32)30-12-6-5-7-23(28(33)34)31-37(35,36)24-14-22(29)20-10-8-18-16(3)13-17(4)19-9-11-21(24)26(20)25(18)19/h8-11,13-14,23,31H,1,5-7,12,29H2,2-4H3,(H,30,32)(H,33,34). The fraction of sp³-hybridized carbons (Fsp3) is 0.286. The first-order chi connectivity index (χ1) is 17.4. The van der Waals surface area contributed by atoms with Crippen LogP contribution in [0.2, 0.25) is 0 Å². The molecule has 0 bridgehead atoms. The maximum atomic E-state index is 13.5. The largest absolute Gasteiger partial charge is 0.480 e. The van der Waals surface area contributed by atoms with Gasteiger partial charge in [0.05, 0.1) is 4.90 Å². The second-order valence-electron chi connectivity index (χ2n) is 9.59. The molecule has 0 saturated carbocycles. The molecule has 0 aliphatic carbocycles. The van der Waals surface area contributed by atoms with Gasteiger partial charge in [0.2, 0.25) is 15.9 Å². The predicted octanol–water partition coefficient (Wildman–Crippen LogP) is 4.38. The van der Waals surface area contributed by atoms with Crippen molar-refractivity contribution in [2.45, 2.75) is 51.0 Å². The topological polar surface area (TPSA) is 139 Å². The highest BCUT2D eigenvalue weighted by Gasteiger charge is 2.28. The molecule has 0 heterocycles.